The zero-order valence-corrected chi connectivity index (χ0v) is 10.6. The van der Waals surface area contributed by atoms with Crippen molar-refractivity contribution in [3.8, 4) is 0 Å². The van der Waals surface area contributed by atoms with Gasteiger partial charge in [0.15, 0.2) is 0 Å². The third-order valence-corrected chi connectivity index (χ3v) is 3.80. The highest BCUT2D eigenvalue weighted by molar-refractivity contribution is 5.78. The first-order chi connectivity index (χ1) is 8.74. The Balaban J connectivity index is 2.38. The van der Waals surface area contributed by atoms with Crippen LogP contribution < -0.4 is 5.73 Å². The maximum atomic E-state index is 12.1. The lowest BCUT2D eigenvalue weighted by atomic mass is 9.69. The van der Waals surface area contributed by atoms with Crippen LogP contribution in [0.4, 0.5) is 0 Å². The zero-order valence-electron chi connectivity index (χ0n) is 10.6. The van der Waals surface area contributed by atoms with Gasteiger partial charge in [0.2, 0.25) is 0 Å². The standard InChI is InChI=1S/C14H19NO3/c1-17-13(16)14(10-15)7-8-18-9-12(14)11-5-3-2-4-6-11/h2-6,12H,7-10,15H2,1H3/t12-,14?/m0/s1. The minimum Gasteiger partial charge on any atom is -0.469 e. The van der Waals surface area contributed by atoms with E-state index in [2.05, 4.69) is 0 Å². The highest BCUT2D eigenvalue weighted by Crippen LogP contribution is 2.42. The summed E-state index contributed by atoms with van der Waals surface area (Å²) in [5.74, 6) is -0.271. The second-order valence-electron chi connectivity index (χ2n) is 4.64. The van der Waals surface area contributed by atoms with E-state index in [1.165, 1.54) is 7.11 Å². The third-order valence-electron chi connectivity index (χ3n) is 3.80. The molecule has 0 bridgehead atoms. The minimum atomic E-state index is -0.658. The number of benzene rings is 1. The molecule has 1 aliphatic rings. The molecule has 2 rings (SSSR count). The molecule has 0 saturated carbocycles. The van der Waals surface area contributed by atoms with Gasteiger partial charge in [-0.05, 0) is 12.0 Å². The lowest BCUT2D eigenvalue weighted by molar-refractivity contribution is -0.160. The number of hydrogen-bond donors (Lipinski definition) is 1. The average molecular weight is 249 g/mol. The number of carbonyl (C=O) groups is 1. The molecule has 1 aliphatic heterocycles. The molecule has 1 aromatic carbocycles. The normalized spacial score (nSPS) is 27.8. The Labute approximate surface area is 107 Å². The molecule has 98 valence electrons. The number of nitrogens with two attached hydrogens (primary N) is 1. The fourth-order valence-corrected chi connectivity index (χ4v) is 2.67. The van der Waals surface area contributed by atoms with Crippen molar-refractivity contribution in [2.24, 2.45) is 11.1 Å². The largest absolute Gasteiger partial charge is 0.469 e. The van der Waals surface area contributed by atoms with Crippen molar-refractivity contribution >= 4 is 5.97 Å². The smallest absolute Gasteiger partial charge is 0.313 e. The molecule has 1 fully saturated rings. The van der Waals surface area contributed by atoms with Gasteiger partial charge in [0.25, 0.3) is 0 Å². The van der Waals surface area contributed by atoms with E-state index in [1.54, 1.807) is 0 Å². The lowest BCUT2D eigenvalue weighted by Gasteiger charge is -2.41. The molecule has 1 heterocycles. The second-order valence-corrected chi connectivity index (χ2v) is 4.64. The maximum absolute atomic E-state index is 12.1. The Morgan fingerprint density at radius 3 is 2.83 bits per heavy atom. The van der Waals surface area contributed by atoms with Gasteiger partial charge in [-0.2, -0.15) is 0 Å². The monoisotopic (exact) mass is 249 g/mol. The van der Waals surface area contributed by atoms with Crippen LogP contribution in [-0.2, 0) is 14.3 Å². The second kappa shape index (κ2) is 5.50. The van der Waals surface area contributed by atoms with Gasteiger partial charge < -0.3 is 15.2 Å². The summed E-state index contributed by atoms with van der Waals surface area (Å²) < 4.78 is 10.5. The number of ether oxygens (including phenoxy) is 2. The van der Waals surface area contributed by atoms with Gasteiger partial charge in [-0.3, -0.25) is 4.79 Å². The van der Waals surface area contributed by atoms with Gasteiger partial charge in [-0.1, -0.05) is 30.3 Å². The minimum absolute atomic E-state index is 0.0371. The van der Waals surface area contributed by atoms with Gasteiger partial charge in [-0.25, -0.2) is 0 Å². The molecule has 2 N–H and O–H groups in total. The molecule has 0 aliphatic carbocycles. The lowest BCUT2D eigenvalue weighted by Crippen LogP contribution is -2.49. The fraction of sp³-hybridized carbons (Fsp3) is 0.500. The molecule has 2 atom stereocenters. The van der Waals surface area contributed by atoms with Crippen LogP contribution in [-0.4, -0.2) is 32.8 Å². The Kier molecular flexibility index (Phi) is 3.99. The summed E-state index contributed by atoms with van der Waals surface area (Å²) in [5.41, 5.74) is 6.30. The van der Waals surface area contributed by atoms with Gasteiger partial charge >= 0.3 is 5.97 Å². The first kappa shape index (κ1) is 13.1. The van der Waals surface area contributed by atoms with Crippen LogP contribution in [0.2, 0.25) is 0 Å². The van der Waals surface area contributed by atoms with Crippen molar-refractivity contribution in [2.75, 3.05) is 26.9 Å². The van der Waals surface area contributed by atoms with Crippen LogP contribution >= 0.6 is 0 Å². The van der Waals surface area contributed by atoms with Crippen LogP contribution in [0.1, 0.15) is 17.9 Å². The molecule has 1 saturated heterocycles. The van der Waals surface area contributed by atoms with Crippen LogP contribution in [0.15, 0.2) is 30.3 Å². The predicted octanol–water partition coefficient (Wildman–Crippen LogP) is 1.31. The van der Waals surface area contributed by atoms with E-state index in [-0.39, 0.29) is 18.4 Å². The summed E-state index contributed by atoms with van der Waals surface area (Å²) in [4.78, 5) is 12.1. The molecule has 0 radical (unpaired) electrons. The summed E-state index contributed by atoms with van der Waals surface area (Å²) in [6, 6.07) is 9.89. The van der Waals surface area contributed by atoms with E-state index < -0.39 is 5.41 Å². The Morgan fingerprint density at radius 2 is 2.22 bits per heavy atom. The van der Waals surface area contributed by atoms with Crippen molar-refractivity contribution in [3.05, 3.63) is 35.9 Å². The van der Waals surface area contributed by atoms with Gasteiger partial charge in [0, 0.05) is 19.1 Å². The molecule has 0 spiro atoms. The van der Waals surface area contributed by atoms with Gasteiger partial charge in [-0.15, -0.1) is 0 Å². The van der Waals surface area contributed by atoms with Crippen molar-refractivity contribution in [1.29, 1.82) is 0 Å². The first-order valence-corrected chi connectivity index (χ1v) is 6.16. The Hall–Kier alpha value is -1.39. The molecular formula is C14H19NO3. The summed E-state index contributed by atoms with van der Waals surface area (Å²) in [5, 5.41) is 0. The number of rotatable bonds is 3. The molecule has 4 heteroatoms. The molecular weight excluding hydrogens is 230 g/mol. The van der Waals surface area contributed by atoms with E-state index in [4.69, 9.17) is 15.2 Å². The van der Waals surface area contributed by atoms with Crippen molar-refractivity contribution < 1.29 is 14.3 Å². The van der Waals surface area contributed by atoms with E-state index in [9.17, 15) is 4.79 Å². The van der Waals surface area contributed by atoms with Crippen LogP contribution in [0.25, 0.3) is 0 Å². The Bertz CT molecular complexity index is 407. The number of esters is 1. The summed E-state index contributed by atoms with van der Waals surface area (Å²) in [7, 11) is 1.41. The predicted molar refractivity (Wildman–Crippen MR) is 68.1 cm³/mol. The van der Waals surface area contributed by atoms with Crippen molar-refractivity contribution in [2.45, 2.75) is 12.3 Å². The molecule has 1 aromatic rings. The van der Waals surface area contributed by atoms with E-state index >= 15 is 0 Å². The maximum Gasteiger partial charge on any atom is 0.313 e. The van der Waals surface area contributed by atoms with Crippen LogP contribution in [0, 0.1) is 5.41 Å². The first-order valence-electron chi connectivity index (χ1n) is 6.16. The SMILES string of the molecule is COC(=O)C1(CN)CCOC[C@H]1c1ccccc1. The highest BCUT2D eigenvalue weighted by Gasteiger charge is 2.48. The molecule has 0 amide bonds. The number of carbonyl (C=O) groups excluding carboxylic acids is 1. The summed E-state index contributed by atoms with van der Waals surface area (Å²) >= 11 is 0. The summed E-state index contributed by atoms with van der Waals surface area (Å²) in [6.45, 7) is 1.34. The van der Waals surface area contributed by atoms with E-state index in [1.807, 2.05) is 30.3 Å². The highest BCUT2D eigenvalue weighted by atomic mass is 16.5. The molecule has 4 nitrogen and oxygen atoms in total. The number of methoxy groups -OCH3 is 1. The quantitative estimate of drug-likeness (QED) is 0.820. The van der Waals surface area contributed by atoms with Crippen LogP contribution in [0.3, 0.4) is 0 Å². The summed E-state index contributed by atoms with van der Waals surface area (Å²) in [6.07, 6.45) is 0.607. The van der Waals surface area contributed by atoms with Gasteiger partial charge in [0.05, 0.1) is 19.1 Å². The van der Waals surface area contributed by atoms with Crippen LogP contribution in [0.5, 0.6) is 0 Å². The van der Waals surface area contributed by atoms with Crippen molar-refractivity contribution in [3.63, 3.8) is 0 Å². The average Bonchev–Trinajstić information content (AvgIpc) is 2.47. The van der Waals surface area contributed by atoms with Gasteiger partial charge in [0.1, 0.15) is 0 Å². The molecule has 1 unspecified atom stereocenters. The van der Waals surface area contributed by atoms with E-state index in [0.717, 1.165) is 5.56 Å². The zero-order chi connectivity index (χ0) is 13.0. The Morgan fingerprint density at radius 1 is 1.50 bits per heavy atom. The third kappa shape index (κ3) is 2.13. The number of hydrogen-bond acceptors (Lipinski definition) is 4. The molecule has 18 heavy (non-hydrogen) atoms. The van der Waals surface area contributed by atoms with Crippen molar-refractivity contribution in [1.82, 2.24) is 0 Å². The topological polar surface area (TPSA) is 61.5 Å². The fourth-order valence-electron chi connectivity index (χ4n) is 2.67. The van der Waals surface area contributed by atoms with E-state index in [0.29, 0.717) is 19.6 Å². The molecule has 0 aromatic heterocycles.